The van der Waals surface area contributed by atoms with E-state index in [0.29, 0.717) is 12.0 Å². The summed E-state index contributed by atoms with van der Waals surface area (Å²) in [7, 11) is 2.02. The lowest BCUT2D eigenvalue weighted by molar-refractivity contribution is 0.369. The smallest absolute Gasteiger partial charge is 0.154 e. The lowest BCUT2D eigenvalue weighted by Gasteiger charge is -2.27. The first-order valence-corrected chi connectivity index (χ1v) is 7.55. The summed E-state index contributed by atoms with van der Waals surface area (Å²) in [4.78, 5) is 0. The Labute approximate surface area is 121 Å². The highest BCUT2D eigenvalue weighted by Gasteiger charge is 2.23. The highest BCUT2D eigenvalue weighted by atomic mass is 16.3. The summed E-state index contributed by atoms with van der Waals surface area (Å²) in [6, 6.07) is 6.61. The average molecular weight is 275 g/mol. The van der Waals surface area contributed by atoms with E-state index in [1.807, 2.05) is 37.7 Å². The topological polar surface area (TPSA) is 43.0 Å². The van der Waals surface area contributed by atoms with E-state index >= 15 is 0 Å². The van der Waals surface area contributed by atoms with E-state index in [4.69, 9.17) is 4.42 Å². The van der Waals surface area contributed by atoms with Crippen LogP contribution in [0.5, 0.6) is 0 Å². The molecule has 3 rings (SSSR count). The summed E-state index contributed by atoms with van der Waals surface area (Å²) in [6.45, 7) is 7.34. The van der Waals surface area contributed by atoms with E-state index in [1.165, 1.54) is 18.5 Å². The van der Waals surface area contributed by atoms with Crippen LogP contribution in [0.2, 0.25) is 0 Å². The molecule has 0 spiro atoms. The van der Waals surface area contributed by atoms with Crippen molar-refractivity contribution in [3.63, 3.8) is 0 Å². The molecule has 2 aromatic rings. The van der Waals surface area contributed by atoms with Crippen LogP contribution in [0.4, 0.5) is 0 Å². The molecule has 4 heteroatoms. The number of furan rings is 1. The molecule has 110 valence electrons. The number of nitrogens with zero attached hydrogens (tertiary/aromatic N) is 2. The zero-order valence-electron chi connectivity index (χ0n) is 12.9. The van der Waals surface area contributed by atoms with Gasteiger partial charge >= 0.3 is 0 Å². The maximum Gasteiger partial charge on any atom is 0.154 e. The van der Waals surface area contributed by atoms with Crippen molar-refractivity contribution in [2.75, 3.05) is 6.54 Å². The average Bonchev–Trinajstić information content (AvgIpc) is 3.10. The van der Waals surface area contributed by atoms with Gasteiger partial charge in [0.2, 0.25) is 0 Å². The second kappa shape index (κ2) is 6.75. The summed E-state index contributed by atoms with van der Waals surface area (Å²) in [6.07, 6.45) is 4.05. The number of aryl methyl sites for hydroxylation is 1. The van der Waals surface area contributed by atoms with Crippen LogP contribution in [-0.2, 0) is 7.05 Å². The third-order valence-corrected chi connectivity index (χ3v) is 3.73. The van der Waals surface area contributed by atoms with Gasteiger partial charge in [-0.3, -0.25) is 4.68 Å². The van der Waals surface area contributed by atoms with E-state index in [1.54, 1.807) is 6.26 Å². The molecule has 3 heterocycles. The lowest BCUT2D eigenvalue weighted by atomic mass is 9.90. The highest BCUT2D eigenvalue weighted by Crippen LogP contribution is 2.30. The van der Waals surface area contributed by atoms with Crippen LogP contribution in [0.3, 0.4) is 0 Å². The van der Waals surface area contributed by atoms with Gasteiger partial charge in [-0.25, -0.2) is 0 Å². The Morgan fingerprint density at radius 3 is 2.85 bits per heavy atom. The van der Waals surface area contributed by atoms with E-state index < -0.39 is 0 Å². The zero-order chi connectivity index (χ0) is 14.5. The van der Waals surface area contributed by atoms with Crippen molar-refractivity contribution in [1.29, 1.82) is 0 Å². The molecule has 2 unspecified atom stereocenters. The molecule has 0 aliphatic carbocycles. The SMILES string of the molecule is CC.CC1CC(c2cc(-c3ccco3)nn2C)CCN1. The molecule has 1 fully saturated rings. The third-order valence-electron chi connectivity index (χ3n) is 3.73. The molecule has 2 aromatic heterocycles. The second-order valence-corrected chi connectivity index (χ2v) is 5.13. The van der Waals surface area contributed by atoms with Crippen molar-refractivity contribution in [2.45, 2.75) is 45.6 Å². The van der Waals surface area contributed by atoms with Crippen molar-refractivity contribution < 1.29 is 4.42 Å². The third kappa shape index (κ3) is 3.12. The number of nitrogens with one attached hydrogen (secondary N) is 1. The minimum atomic E-state index is 0.589. The molecule has 0 bridgehead atoms. The predicted octanol–water partition coefficient (Wildman–Crippen LogP) is 3.56. The summed E-state index contributed by atoms with van der Waals surface area (Å²) in [5, 5.41) is 8.04. The molecule has 1 aliphatic rings. The fourth-order valence-electron chi connectivity index (χ4n) is 2.81. The Hall–Kier alpha value is -1.55. The van der Waals surface area contributed by atoms with E-state index in [2.05, 4.69) is 23.4 Å². The fraction of sp³-hybridized carbons (Fsp3) is 0.562. The monoisotopic (exact) mass is 275 g/mol. The Morgan fingerprint density at radius 2 is 2.20 bits per heavy atom. The van der Waals surface area contributed by atoms with E-state index in [0.717, 1.165) is 18.0 Å². The van der Waals surface area contributed by atoms with Gasteiger partial charge in [0.1, 0.15) is 5.69 Å². The quantitative estimate of drug-likeness (QED) is 0.911. The number of hydrogen-bond donors (Lipinski definition) is 1. The first kappa shape index (κ1) is 14.9. The molecule has 0 aromatic carbocycles. The molecule has 20 heavy (non-hydrogen) atoms. The van der Waals surface area contributed by atoms with Crippen molar-refractivity contribution in [1.82, 2.24) is 15.1 Å². The highest BCUT2D eigenvalue weighted by molar-refractivity contribution is 5.52. The van der Waals surface area contributed by atoms with Gasteiger partial charge in [-0.15, -0.1) is 0 Å². The maximum atomic E-state index is 5.41. The summed E-state index contributed by atoms with van der Waals surface area (Å²) >= 11 is 0. The molecule has 1 saturated heterocycles. The second-order valence-electron chi connectivity index (χ2n) is 5.13. The Balaban J connectivity index is 0.000000704. The molecule has 2 atom stereocenters. The Kier molecular flexibility index (Phi) is 5.01. The fourth-order valence-corrected chi connectivity index (χ4v) is 2.81. The standard InChI is InChI=1S/C14H19N3O.C2H6/c1-10-8-11(5-6-15-10)13-9-12(16-17(13)2)14-4-3-7-18-14;1-2/h3-4,7,9-11,15H,5-6,8H2,1-2H3;1-2H3. The van der Waals surface area contributed by atoms with Crippen LogP contribution < -0.4 is 5.32 Å². The van der Waals surface area contributed by atoms with Crippen LogP contribution in [0.1, 0.15) is 45.2 Å². The summed E-state index contributed by atoms with van der Waals surface area (Å²) in [5.41, 5.74) is 2.25. The number of piperidine rings is 1. The minimum absolute atomic E-state index is 0.589. The van der Waals surface area contributed by atoms with E-state index in [9.17, 15) is 0 Å². The molecule has 0 radical (unpaired) electrons. The molecule has 1 N–H and O–H groups in total. The Morgan fingerprint density at radius 1 is 1.40 bits per heavy atom. The van der Waals surface area contributed by atoms with Gasteiger partial charge in [0, 0.05) is 24.7 Å². The molecular formula is C16H25N3O. The van der Waals surface area contributed by atoms with Crippen molar-refractivity contribution in [3.8, 4) is 11.5 Å². The molecule has 0 saturated carbocycles. The van der Waals surface area contributed by atoms with Gasteiger partial charge in [-0.1, -0.05) is 13.8 Å². The molecule has 1 aliphatic heterocycles. The summed E-state index contributed by atoms with van der Waals surface area (Å²) < 4.78 is 7.41. The molecular weight excluding hydrogens is 250 g/mol. The maximum absolute atomic E-state index is 5.41. The van der Waals surface area contributed by atoms with Gasteiger partial charge in [0.15, 0.2) is 5.76 Å². The van der Waals surface area contributed by atoms with Crippen LogP contribution in [0.25, 0.3) is 11.5 Å². The number of aromatic nitrogens is 2. The van der Waals surface area contributed by atoms with Gasteiger partial charge in [0.25, 0.3) is 0 Å². The van der Waals surface area contributed by atoms with Crippen molar-refractivity contribution >= 4 is 0 Å². The van der Waals surface area contributed by atoms with Crippen LogP contribution in [0, 0.1) is 0 Å². The predicted molar refractivity (Wildman–Crippen MR) is 81.7 cm³/mol. The normalized spacial score (nSPS) is 22.2. The lowest BCUT2D eigenvalue weighted by Crippen LogP contribution is -2.35. The van der Waals surface area contributed by atoms with Crippen molar-refractivity contribution in [3.05, 3.63) is 30.2 Å². The number of hydrogen-bond acceptors (Lipinski definition) is 3. The van der Waals surface area contributed by atoms with E-state index in [-0.39, 0.29) is 0 Å². The van der Waals surface area contributed by atoms with Gasteiger partial charge < -0.3 is 9.73 Å². The van der Waals surface area contributed by atoms with Crippen molar-refractivity contribution in [2.24, 2.45) is 7.05 Å². The van der Waals surface area contributed by atoms with Crippen LogP contribution >= 0.6 is 0 Å². The minimum Gasteiger partial charge on any atom is -0.463 e. The summed E-state index contributed by atoms with van der Waals surface area (Å²) in [5.74, 6) is 1.45. The Bertz CT molecular complexity index is 516. The number of rotatable bonds is 2. The largest absolute Gasteiger partial charge is 0.463 e. The first-order chi connectivity index (χ1) is 9.74. The van der Waals surface area contributed by atoms with Gasteiger partial charge in [0.05, 0.1) is 6.26 Å². The zero-order valence-corrected chi connectivity index (χ0v) is 12.9. The molecule has 4 nitrogen and oxygen atoms in total. The van der Waals surface area contributed by atoms with Gasteiger partial charge in [-0.2, -0.15) is 5.10 Å². The molecule has 0 amide bonds. The van der Waals surface area contributed by atoms with Crippen LogP contribution in [0.15, 0.2) is 28.9 Å². The van der Waals surface area contributed by atoms with Crippen LogP contribution in [-0.4, -0.2) is 22.4 Å². The van der Waals surface area contributed by atoms with Gasteiger partial charge in [-0.05, 0) is 44.5 Å². The first-order valence-electron chi connectivity index (χ1n) is 7.55.